The Bertz CT molecular complexity index is 819. The van der Waals surface area contributed by atoms with Crippen LogP contribution < -0.4 is 5.32 Å². The number of anilines is 1. The number of nitrogens with zero attached hydrogens (tertiary/aromatic N) is 1. The van der Waals surface area contributed by atoms with Crippen LogP contribution in [-0.4, -0.2) is 10.5 Å². The molecule has 0 aliphatic heterocycles. The van der Waals surface area contributed by atoms with Crippen molar-refractivity contribution in [1.29, 1.82) is 0 Å². The fraction of sp³-hybridized carbons (Fsp3) is 0.118. The van der Waals surface area contributed by atoms with Crippen LogP contribution in [0.15, 0.2) is 48.5 Å². The monoisotopic (exact) mass is 298 g/mol. The largest absolute Gasteiger partial charge is 0.330 e. The van der Waals surface area contributed by atoms with Crippen molar-refractivity contribution in [3.63, 3.8) is 0 Å². The first-order chi connectivity index (χ1) is 10.1. The highest BCUT2D eigenvalue weighted by molar-refractivity contribution is 6.30. The number of para-hydroxylation sites is 1. The molecule has 0 fully saturated rings. The summed E-state index contributed by atoms with van der Waals surface area (Å²) in [6.45, 7) is 1.52. The highest BCUT2D eigenvalue weighted by atomic mass is 35.5. The lowest BCUT2D eigenvalue weighted by atomic mass is 10.0. The fourth-order valence-electron chi connectivity index (χ4n) is 2.62. The highest BCUT2D eigenvalue weighted by Gasteiger charge is 2.17. The summed E-state index contributed by atoms with van der Waals surface area (Å²) in [5, 5.41) is 4.73. The van der Waals surface area contributed by atoms with E-state index < -0.39 is 0 Å². The summed E-state index contributed by atoms with van der Waals surface area (Å²) in [6, 6.07) is 15.7. The molecule has 0 unspecified atom stereocenters. The van der Waals surface area contributed by atoms with E-state index in [4.69, 9.17) is 11.6 Å². The molecule has 0 aliphatic rings. The van der Waals surface area contributed by atoms with Crippen LogP contribution in [0.1, 0.15) is 6.92 Å². The molecule has 1 amide bonds. The fourth-order valence-corrected chi connectivity index (χ4v) is 2.74. The third-order valence-electron chi connectivity index (χ3n) is 3.53. The molecular weight excluding hydrogens is 284 g/mol. The van der Waals surface area contributed by atoms with Gasteiger partial charge in [0, 0.05) is 29.9 Å². The van der Waals surface area contributed by atoms with Gasteiger partial charge >= 0.3 is 0 Å². The number of benzene rings is 2. The van der Waals surface area contributed by atoms with Gasteiger partial charge in [-0.2, -0.15) is 0 Å². The van der Waals surface area contributed by atoms with Crippen LogP contribution in [0, 0.1) is 0 Å². The van der Waals surface area contributed by atoms with Crippen LogP contribution >= 0.6 is 11.6 Å². The van der Waals surface area contributed by atoms with Crippen molar-refractivity contribution in [1.82, 2.24) is 4.57 Å². The SMILES string of the molecule is CC(=O)Nc1c(-c2ccc(Cl)cc2)c2ccccc2n1C. The topological polar surface area (TPSA) is 34.0 Å². The van der Waals surface area contributed by atoms with Crippen LogP contribution in [0.25, 0.3) is 22.0 Å². The number of hydrogen-bond acceptors (Lipinski definition) is 1. The number of amides is 1. The Morgan fingerprint density at radius 3 is 2.43 bits per heavy atom. The summed E-state index contributed by atoms with van der Waals surface area (Å²) in [5.74, 6) is 0.710. The first-order valence-corrected chi connectivity index (χ1v) is 7.06. The highest BCUT2D eigenvalue weighted by Crippen LogP contribution is 2.38. The Kier molecular flexibility index (Phi) is 3.43. The molecular formula is C17H15ClN2O. The molecule has 3 aromatic rings. The maximum atomic E-state index is 11.5. The van der Waals surface area contributed by atoms with Gasteiger partial charge < -0.3 is 9.88 Å². The molecule has 0 saturated carbocycles. The van der Waals surface area contributed by atoms with E-state index in [-0.39, 0.29) is 5.91 Å². The van der Waals surface area contributed by atoms with E-state index in [1.54, 1.807) is 0 Å². The van der Waals surface area contributed by atoms with Crippen LogP contribution in [0.5, 0.6) is 0 Å². The minimum atomic E-state index is -0.0869. The number of hydrogen-bond donors (Lipinski definition) is 1. The molecule has 4 heteroatoms. The molecule has 106 valence electrons. The first kappa shape index (κ1) is 13.7. The molecule has 0 atom stereocenters. The number of rotatable bonds is 2. The third-order valence-corrected chi connectivity index (χ3v) is 3.79. The molecule has 0 radical (unpaired) electrons. The van der Waals surface area contributed by atoms with Crippen molar-refractivity contribution >= 4 is 34.2 Å². The molecule has 1 N–H and O–H groups in total. The molecule has 21 heavy (non-hydrogen) atoms. The maximum absolute atomic E-state index is 11.5. The van der Waals surface area contributed by atoms with Gasteiger partial charge in [-0.3, -0.25) is 4.79 Å². The summed E-state index contributed by atoms with van der Waals surface area (Å²) in [5.41, 5.74) is 3.12. The van der Waals surface area contributed by atoms with Crippen molar-refractivity contribution in [2.75, 3.05) is 5.32 Å². The van der Waals surface area contributed by atoms with Gasteiger partial charge in [-0.1, -0.05) is 41.9 Å². The molecule has 0 aliphatic carbocycles. The van der Waals surface area contributed by atoms with E-state index in [1.165, 1.54) is 6.92 Å². The zero-order chi connectivity index (χ0) is 15.0. The average Bonchev–Trinajstić information content (AvgIpc) is 2.73. The van der Waals surface area contributed by atoms with Crippen molar-refractivity contribution in [3.8, 4) is 11.1 Å². The van der Waals surface area contributed by atoms with Crippen LogP contribution in [0.3, 0.4) is 0 Å². The minimum Gasteiger partial charge on any atom is -0.330 e. The van der Waals surface area contributed by atoms with E-state index in [9.17, 15) is 4.79 Å². The van der Waals surface area contributed by atoms with Gasteiger partial charge in [0.05, 0.1) is 5.52 Å². The second-order valence-electron chi connectivity index (χ2n) is 4.99. The second kappa shape index (κ2) is 5.26. The van der Waals surface area contributed by atoms with E-state index in [2.05, 4.69) is 11.4 Å². The van der Waals surface area contributed by atoms with Gasteiger partial charge in [0.15, 0.2) is 0 Å². The van der Waals surface area contributed by atoms with E-state index >= 15 is 0 Å². The van der Waals surface area contributed by atoms with Crippen molar-refractivity contribution in [2.24, 2.45) is 7.05 Å². The van der Waals surface area contributed by atoms with Crippen LogP contribution in [0.2, 0.25) is 5.02 Å². The minimum absolute atomic E-state index is 0.0869. The predicted octanol–water partition coefficient (Wildman–Crippen LogP) is 4.46. The number of carbonyl (C=O) groups is 1. The lowest BCUT2D eigenvalue weighted by molar-refractivity contribution is -0.114. The second-order valence-corrected chi connectivity index (χ2v) is 5.42. The predicted molar refractivity (Wildman–Crippen MR) is 87.7 cm³/mol. The average molecular weight is 299 g/mol. The quantitative estimate of drug-likeness (QED) is 0.745. The van der Waals surface area contributed by atoms with Gasteiger partial charge in [-0.05, 0) is 23.8 Å². The smallest absolute Gasteiger partial charge is 0.222 e. The van der Waals surface area contributed by atoms with Gasteiger partial charge in [0.1, 0.15) is 5.82 Å². The molecule has 0 saturated heterocycles. The Balaban J connectivity index is 2.32. The lowest BCUT2D eigenvalue weighted by Gasteiger charge is -2.08. The molecule has 0 spiro atoms. The Morgan fingerprint density at radius 1 is 1.10 bits per heavy atom. The number of nitrogens with one attached hydrogen (secondary N) is 1. The summed E-state index contributed by atoms with van der Waals surface area (Å²) < 4.78 is 2.00. The van der Waals surface area contributed by atoms with Crippen molar-refractivity contribution in [2.45, 2.75) is 6.92 Å². The van der Waals surface area contributed by atoms with E-state index in [0.29, 0.717) is 5.02 Å². The Morgan fingerprint density at radius 2 is 1.76 bits per heavy atom. The van der Waals surface area contributed by atoms with Gasteiger partial charge in [0.25, 0.3) is 0 Å². The Labute approximate surface area is 128 Å². The molecule has 1 aromatic heterocycles. The molecule has 1 heterocycles. The zero-order valence-electron chi connectivity index (χ0n) is 11.9. The van der Waals surface area contributed by atoms with Crippen molar-refractivity contribution < 1.29 is 4.79 Å². The summed E-state index contributed by atoms with van der Waals surface area (Å²) >= 11 is 5.97. The van der Waals surface area contributed by atoms with Crippen LogP contribution in [0.4, 0.5) is 5.82 Å². The summed E-state index contributed by atoms with van der Waals surface area (Å²) in [4.78, 5) is 11.5. The molecule has 2 aromatic carbocycles. The third kappa shape index (κ3) is 2.41. The van der Waals surface area contributed by atoms with Crippen LogP contribution in [-0.2, 0) is 11.8 Å². The standard InChI is InChI=1S/C17H15ClN2O/c1-11(21)19-17-16(12-7-9-13(18)10-8-12)14-5-3-4-6-15(14)20(17)2/h3-10H,1-2H3,(H,19,21). The van der Waals surface area contributed by atoms with Gasteiger partial charge in [-0.15, -0.1) is 0 Å². The first-order valence-electron chi connectivity index (χ1n) is 6.69. The normalized spacial score (nSPS) is 10.8. The maximum Gasteiger partial charge on any atom is 0.222 e. The van der Waals surface area contributed by atoms with E-state index in [0.717, 1.165) is 27.8 Å². The van der Waals surface area contributed by atoms with Gasteiger partial charge in [-0.25, -0.2) is 0 Å². The lowest BCUT2D eigenvalue weighted by Crippen LogP contribution is -2.10. The summed E-state index contributed by atoms with van der Waals surface area (Å²) in [6.07, 6.45) is 0. The number of fused-ring (bicyclic) bond motifs is 1. The zero-order valence-corrected chi connectivity index (χ0v) is 12.6. The number of halogens is 1. The molecule has 3 rings (SSSR count). The number of carbonyl (C=O) groups excluding carboxylic acids is 1. The Hall–Kier alpha value is -2.26. The molecule has 0 bridgehead atoms. The van der Waals surface area contributed by atoms with Crippen molar-refractivity contribution in [3.05, 3.63) is 53.6 Å². The van der Waals surface area contributed by atoms with E-state index in [1.807, 2.05) is 54.1 Å². The number of aryl methyl sites for hydroxylation is 1. The summed E-state index contributed by atoms with van der Waals surface area (Å²) in [7, 11) is 1.95. The number of aromatic nitrogens is 1. The van der Waals surface area contributed by atoms with Gasteiger partial charge in [0.2, 0.25) is 5.91 Å². The molecule has 3 nitrogen and oxygen atoms in total.